The largest absolute Gasteiger partial charge is 0.490 e. The van der Waals surface area contributed by atoms with E-state index in [1.54, 1.807) is 13.8 Å². The van der Waals surface area contributed by atoms with E-state index in [0.717, 1.165) is 6.07 Å². The second kappa shape index (κ2) is 5.95. The van der Waals surface area contributed by atoms with Crippen molar-refractivity contribution in [2.24, 2.45) is 0 Å². The minimum atomic E-state index is -4.52. The zero-order chi connectivity index (χ0) is 14.6. The third-order valence-corrected chi connectivity index (χ3v) is 2.34. The third kappa shape index (κ3) is 4.81. The van der Waals surface area contributed by atoms with Gasteiger partial charge in [0.1, 0.15) is 5.75 Å². The molecule has 1 aromatic carbocycles. The lowest BCUT2D eigenvalue weighted by molar-refractivity contribution is -0.139. The number of benzene rings is 1. The molecule has 0 atom stereocenters. The highest BCUT2D eigenvalue weighted by atomic mass is 19.4. The molecular formula is C13H15F3O3. The Labute approximate surface area is 109 Å². The Morgan fingerprint density at radius 3 is 2.47 bits per heavy atom. The Morgan fingerprint density at radius 2 is 2.00 bits per heavy atom. The van der Waals surface area contributed by atoms with Gasteiger partial charge in [0.05, 0.1) is 11.7 Å². The molecule has 0 fully saturated rings. The summed E-state index contributed by atoms with van der Waals surface area (Å²) >= 11 is 0. The molecule has 19 heavy (non-hydrogen) atoms. The summed E-state index contributed by atoms with van der Waals surface area (Å²) in [5, 5.41) is 8.53. The van der Waals surface area contributed by atoms with Crippen LogP contribution in [-0.2, 0) is 17.4 Å². The first-order chi connectivity index (χ1) is 8.70. The molecule has 1 rings (SSSR count). The van der Waals surface area contributed by atoms with Crippen molar-refractivity contribution >= 4 is 5.97 Å². The van der Waals surface area contributed by atoms with Gasteiger partial charge in [-0.2, -0.15) is 13.2 Å². The summed E-state index contributed by atoms with van der Waals surface area (Å²) in [5.74, 6) is -1.28. The Balaban J connectivity index is 3.05. The van der Waals surface area contributed by atoms with Gasteiger partial charge in [-0.15, -0.1) is 0 Å². The molecule has 0 aliphatic carbocycles. The van der Waals surface area contributed by atoms with E-state index in [1.165, 1.54) is 12.1 Å². The standard InChI is InChI=1S/C13H15F3O3/c1-8(2)19-11-5-3-9(4-6-12(17)18)7-10(11)13(14,15)16/h3,5,7-8H,4,6H2,1-2H3,(H,17,18). The van der Waals surface area contributed by atoms with Crippen LogP contribution in [0.25, 0.3) is 0 Å². The molecule has 0 unspecified atom stereocenters. The fourth-order valence-corrected chi connectivity index (χ4v) is 1.56. The van der Waals surface area contributed by atoms with Crippen LogP contribution in [0.15, 0.2) is 18.2 Å². The Bertz CT molecular complexity index is 453. The van der Waals surface area contributed by atoms with Crippen LogP contribution in [-0.4, -0.2) is 17.2 Å². The van der Waals surface area contributed by atoms with E-state index < -0.39 is 17.7 Å². The molecule has 0 heterocycles. The summed E-state index contributed by atoms with van der Waals surface area (Å²) in [6.07, 6.45) is -5.04. The van der Waals surface area contributed by atoms with Crippen molar-refractivity contribution in [3.8, 4) is 5.75 Å². The maximum Gasteiger partial charge on any atom is 0.419 e. The predicted molar refractivity (Wildman–Crippen MR) is 63.2 cm³/mol. The number of halogens is 3. The van der Waals surface area contributed by atoms with Crippen molar-refractivity contribution in [3.63, 3.8) is 0 Å². The van der Waals surface area contributed by atoms with Gasteiger partial charge in [0, 0.05) is 6.42 Å². The van der Waals surface area contributed by atoms with E-state index in [1.807, 2.05) is 0 Å². The quantitative estimate of drug-likeness (QED) is 0.895. The maximum atomic E-state index is 12.9. The summed E-state index contributed by atoms with van der Waals surface area (Å²) in [7, 11) is 0. The zero-order valence-corrected chi connectivity index (χ0v) is 10.6. The number of carbonyl (C=O) groups is 1. The lowest BCUT2D eigenvalue weighted by atomic mass is 10.0. The van der Waals surface area contributed by atoms with Crippen molar-refractivity contribution in [2.45, 2.75) is 39.0 Å². The molecule has 0 aromatic heterocycles. The van der Waals surface area contributed by atoms with Gasteiger partial charge in [-0.3, -0.25) is 4.79 Å². The summed E-state index contributed by atoms with van der Waals surface area (Å²) in [6, 6.07) is 3.64. The SMILES string of the molecule is CC(C)Oc1ccc(CCC(=O)O)cc1C(F)(F)F. The number of hydrogen-bond donors (Lipinski definition) is 1. The van der Waals surface area contributed by atoms with Crippen molar-refractivity contribution in [2.75, 3.05) is 0 Å². The Hall–Kier alpha value is -1.72. The maximum absolute atomic E-state index is 12.9. The fraction of sp³-hybridized carbons (Fsp3) is 0.462. The summed E-state index contributed by atoms with van der Waals surface area (Å²) in [4.78, 5) is 10.4. The monoisotopic (exact) mass is 276 g/mol. The van der Waals surface area contributed by atoms with Gasteiger partial charge >= 0.3 is 12.1 Å². The van der Waals surface area contributed by atoms with Crippen LogP contribution < -0.4 is 4.74 Å². The molecule has 0 aliphatic rings. The second-order valence-electron chi connectivity index (χ2n) is 4.39. The van der Waals surface area contributed by atoms with Crippen LogP contribution >= 0.6 is 0 Å². The number of rotatable bonds is 5. The highest BCUT2D eigenvalue weighted by Crippen LogP contribution is 2.37. The van der Waals surface area contributed by atoms with Gasteiger partial charge in [0.15, 0.2) is 0 Å². The molecule has 106 valence electrons. The minimum absolute atomic E-state index is 0.0559. The van der Waals surface area contributed by atoms with E-state index in [2.05, 4.69) is 0 Å². The minimum Gasteiger partial charge on any atom is -0.490 e. The molecule has 0 spiro atoms. The normalized spacial score (nSPS) is 11.7. The van der Waals surface area contributed by atoms with Crippen molar-refractivity contribution in [1.82, 2.24) is 0 Å². The van der Waals surface area contributed by atoms with E-state index >= 15 is 0 Å². The average molecular weight is 276 g/mol. The molecule has 1 N–H and O–H groups in total. The van der Waals surface area contributed by atoms with Crippen LogP contribution in [0.3, 0.4) is 0 Å². The molecule has 0 radical (unpaired) electrons. The van der Waals surface area contributed by atoms with Gasteiger partial charge in [-0.1, -0.05) is 6.07 Å². The van der Waals surface area contributed by atoms with E-state index in [-0.39, 0.29) is 24.7 Å². The molecule has 0 saturated heterocycles. The number of hydrogen-bond acceptors (Lipinski definition) is 2. The number of aliphatic carboxylic acids is 1. The first-order valence-corrected chi connectivity index (χ1v) is 5.78. The van der Waals surface area contributed by atoms with Crippen LogP contribution in [0.5, 0.6) is 5.75 Å². The van der Waals surface area contributed by atoms with E-state index in [0.29, 0.717) is 5.56 Å². The van der Waals surface area contributed by atoms with Crippen molar-refractivity contribution in [3.05, 3.63) is 29.3 Å². The van der Waals surface area contributed by atoms with Gasteiger partial charge in [0.25, 0.3) is 0 Å². The Kier molecular flexibility index (Phi) is 4.80. The molecule has 0 bridgehead atoms. The van der Waals surface area contributed by atoms with Gasteiger partial charge in [0.2, 0.25) is 0 Å². The summed E-state index contributed by atoms with van der Waals surface area (Å²) < 4.78 is 43.8. The summed E-state index contributed by atoms with van der Waals surface area (Å²) in [6.45, 7) is 3.27. The average Bonchev–Trinajstić information content (AvgIpc) is 2.25. The predicted octanol–water partition coefficient (Wildman–Crippen LogP) is 3.51. The first kappa shape index (κ1) is 15.3. The van der Waals surface area contributed by atoms with Crippen molar-refractivity contribution < 1.29 is 27.8 Å². The van der Waals surface area contributed by atoms with E-state index in [9.17, 15) is 18.0 Å². The van der Waals surface area contributed by atoms with Gasteiger partial charge in [-0.25, -0.2) is 0 Å². The highest BCUT2D eigenvalue weighted by molar-refractivity contribution is 5.67. The lowest BCUT2D eigenvalue weighted by Crippen LogP contribution is -2.13. The first-order valence-electron chi connectivity index (χ1n) is 5.78. The topological polar surface area (TPSA) is 46.5 Å². The molecule has 0 saturated carbocycles. The summed E-state index contributed by atoms with van der Waals surface area (Å²) in [5.41, 5.74) is -0.546. The number of carboxylic acid groups (broad SMARTS) is 1. The zero-order valence-electron chi connectivity index (χ0n) is 10.6. The molecule has 0 aliphatic heterocycles. The third-order valence-electron chi connectivity index (χ3n) is 2.34. The molecule has 0 amide bonds. The molecule has 1 aromatic rings. The van der Waals surface area contributed by atoms with Crippen molar-refractivity contribution in [1.29, 1.82) is 0 Å². The van der Waals surface area contributed by atoms with Crippen LogP contribution in [0.4, 0.5) is 13.2 Å². The van der Waals surface area contributed by atoms with Gasteiger partial charge in [-0.05, 0) is 38.0 Å². The number of aryl methyl sites for hydroxylation is 1. The highest BCUT2D eigenvalue weighted by Gasteiger charge is 2.34. The van der Waals surface area contributed by atoms with E-state index in [4.69, 9.17) is 9.84 Å². The lowest BCUT2D eigenvalue weighted by Gasteiger charge is -2.17. The number of alkyl halides is 3. The fourth-order valence-electron chi connectivity index (χ4n) is 1.56. The number of carboxylic acids is 1. The molecule has 6 heteroatoms. The number of ether oxygens (including phenoxy) is 1. The molecule has 3 nitrogen and oxygen atoms in total. The van der Waals surface area contributed by atoms with Crippen LogP contribution in [0, 0.1) is 0 Å². The Morgan fingerprint density at radius 1 is 1.37 bits per heavy atom. The van der Waals surface area contributed by atoms with Crippen LogP contribution in [0.2, 0.25) is 0 Å². The molecular weight excluding hydrogens is 261 g/mol. The van der Waals surface area contributed by atoms with Gasteiger partial charge < -0.3 is 9.84 Å². The van der Waals surface area contributed by atoms with Crippen LogP contribution in [0.1, 0.15) is 31.4 Å². The smallest absolute Gasteiger partial charge is 0.419 e. The second-order valence-corrected chi connectivity index (χ2v) is 4.39.